The second-order valence-electron chi connectivity index (χ2n) is 6.54. The quantitative estimate of drug-likeness (QED) is 0.447. The predicted octanol–water partition coefficient (Wildman–Crippen LogP) is 6.04. The standard InChI is InChI=1S/C20H19F3N4OS2/c1-11-7-6-10-15(12(11)2)25-18-26-27-19(30-18)29-13(3)17(28)24-16-9-5-4-8-14(16)20(21,22)23/h4-10,13H,1-3H3,(H,24,28)(H,25,26)/t13-/m1/s1. The number of carbonyl (C=O) groups is 1. The number of carbonyl (C=O) groups excluding carboxylic acids is 1. The highest BCUT2D eigenvalue weighted by Crippen LogP contribution is 2.36. The molecule has 0 fully saturated rings. The first-order valence-electron chi connectivity index (χ1n) is 8.95. The summed E-state index contributed by atoms with van der Waals surface area (Å²) in [6.07, 6.45) is -4.55. The minimum absolute atomic E-state index is 0.267. The molecular formula is C20H19F3N4OS2. The number of alkyl halides is 3. The van der Waals surface area contributed by atoms with Gasteiger partial charge >= 0.3 is 6.18 Å². The summed E-state index contributed by atoms with van der Waals surface area (Å²) >= 11 is 2.41. The van der Waals surface area contributed by atoms with Crippen LogP contribution in [0.5, 0.6) is 0 Å². The van der Waals surface area contributed by atoms with Crippen molar-refractivity contribution in [1.82, 2.24) is 10.2 Å². The van der Waals surface area contributed by atoms with E-state index in [9.17, 15) is 18.0 Å². The molecule has 0 radical (unpaired) electrons. The predicted molar refractivity (Wildman–Crippen MR) is 115 cm³/mol. The van der Waals surface area contributed by atoms with Crippen molar-refractivity contribution < 1.29 is 18.0 Å². The number of anilines is 3. The SMILES string of the molecule is Cc1cccc(Nc2nnc(S[C@H](C)C(=O)Nc3ccccc3C(F)(F)F)s2)c1C. The average molecular weight is 453 g/mol. The molecule has 0 saturated carbocycles. The lowest BCUT2D eigenvalue weighted by molar-refractivity contribution is -0.137. The lowest BCUT2D eigenvalue weighted by atomic mass is 10.1. The maximum Gasteiger partial charge on any atom is 0.418 e. The van der Waals surface area contributed by atoms with E-state index in [0.29, 0.717) is 9.47 Å². The van der Waals surface area contributed by atoms with Gasteiger partial charge in [0.25, 0.3) is 0 Å². The van der Waals surface area contributed by atoms with Gasteiger partial charge in [-0.05, 0) is 50.1 Å². The Morgan fingerprint density at radius 2 is 1.77 bits per heavy atom. The van der Waals surface area contributed by atoms with Gasteiger partial charge in [0.2, 0.25) is 11.0 Å². The molecule has 0 unspecified atom stereocenters. The largest absolute Gasteiger partial charge is 0.418 e. The normalized spacial score (nSPS) is 12.5. The van der Waals surface area contributed by atoms with Crippen LogP contribution >= 0.6 is 23.1 Å². The van der Waals surface area contributed by atoms with E-state index in [2.05, 4.69) is 20.8 Å². The van der Waals surface area contributed by atoms with Gasteiger partial charge in [0.15, 0.2) is 4.34 Å². The molecule has 2 N–H and O–H groups in total. The maximum atomic E-state index is 13.1. The molecule has 158 valence electrons. The highest BCUT2D eigenvalue weighted by atomic mass is 32.2. The van der Waals surface area contributed by atoms with Crippen LogP contribution in [0.3, 0.4) is 0 Å². The summed E-state index contributed by atoms with van der Waals surface area (Å²) in [5.74, 6) is -0.545. The van der Waals surface area contributed by atoms with Crippen LogP contribution in [0.4, 0.5) is 29.7 Å². The van der Waals surface area contributed by atoms with E-state index < -0.39 is 22.9 Å². The lowest BCUT2D eigenvalue weighted by Crippen LogP contribution is -2.24. The summed E-state index contributed by atoms with van der Waals surface area (Å²) in [4.78, 5) is 12.4. The molecule has 0 aliphatic heterocycles. The third-order valence-corrected chi connectivity index (χ3v) is 6.41. The maximum absolute atomic E-state index is 13.1. The van der Waals surface area contributed by atoms with Gasteiger partial charge < -0.3 is 10.6 Å². The molecule has 1 atom stereocenters. The van der Waals surface area contributed by atoms with Gasteiger partial charge in [-0.3, -0.25) is 4.79 Å². The fraction of sp³-hybridized carbons (Fsp3) is 0.250. The molecule has 0 spiro atoms. The number of rotatable bonds is 6. The molecule has 10 heteroatoms. The van der Waals surface area contributed by atoms with Crippen LogP contribution < -0.4 is 10.6 Å². The summed E-state index contributed by atoms with van der Waals surface area (Å²) in [7, 11) is 0. The third kappa shape index (κ3) is 5.31. The third-order valence-electron chi connectivity index (χ3n) is 4.39. The number of aromatic nitrogens is 2. The van der Waals surface area contributed by atoms with Gasteiger partial charge in [-0.15, -0.1) is 10.2 Å². The van der Waals surface area contributed by atoms with Crippen molar-refractivity contribution in [3.8, 4) is 0 Å². The second kappa shape index (κ2) is 9.05. The molecule has 1 heterocycles. The van der Waals surface area contributed by atoms with Gasteiger partial charge in [0, 0.05) is 5.69 Å². The van der Waals surface area contributed by atoms with Crippen LogP contribution in [0.25, 0.3) is 0 Å². The number of amides is 1. The van der Waals surface area contributed by atoms with Crippen LogP contribution in [0, 0.1) is 13.8 Å². The van der Waals surface area contributed by atoms with Crippen LogP contribution in [0.1, 0.15) is 23.6 Å². The Balaban J connectivity index is 1.65. The number of benzene rings is 2. The van der Waals surface area contributed by atoms with Crippen LogP contribution in [0.15, 0.2) is 46.8 Å². The van der Waals surface area contributed by atoms with Crippen LogP contribution in [0.2, 0.25) is 0 Å². The zero-order valence-corrected chi connectivity index (χ0v) is 18.0. The number of nitrogens with zero attached hydrogens (tertiary/aromatic N) is 2. The van der Waals surface area contributed by atoms with E-state index in [1.807, 2.05) is 32.0 Å². The molecule has 1 amide bonds. The smallest absolute Gasteiger partial charge is 0.330 e. The minimum Gasteiger partial charge on any atom is -0.330 e. The van der Waals surface area contributed by atoms with Crippen molar-refractivity contribution in [3.63, 3.8) is 0 Å². The van der Waals surface area contributed by atoms with Gasteiger partial charge in [-0.25, -0.2) is 0 Å². The Hall–Kier alpha value is -2.59. The first-order valence-corrected chi connectivity index (χ1v) is 10.6. The first-order chi connectivity index (χ1) is 14.1. The van der Waals surface area contributed by atoms with Gasteiger partial charge in [-0.2, -0.15) is 13.2 Å². The zero-order chi connectivity index (χ0) is 21.9. The summed E-state index contributed by atoms with van der Waals surface area (Å²) in [6.45, 7) is 5.62. The molecule has 0 saturated heterocycles. The van der Waals surface area contributed by atoms with Crippen molar-refractivity contribution in [1.29, 1.82) is 0 Å². The monoisotopic (exact) mass is 452 g/mol. The molecular weight excluding hydrogens is 433 g/mol. The van der Waals surface area contributed by atoms with E-state index in [4.69, 9.17) is 0 Å². The van der Waals surface area contributed by atoms with Gasteiger partial charge in [-0.1, -0.05) is 47.4 Å². The van der Waals surface area contributed by atoms with Crippen molar-refractivity contribution >= 4 is 45.5 Å². The first kappa shape index (κ1) is 22.1. The molecule has 1 aromatic heterocycles. The Bertz CT molecular complexity index is 1050. The average Bonchev–Trinajstić information content (AvgIpc) is 3.12. The van der Waals surface area contributed by atoms with E-state index in [0.717, 1.165) is 34.6 Å². The van der Waals surface area contributed by atoms with E-state index in [1.54, 1.807) is 6.92 Å². The molecule has 3 aromatic rings. The highest BCUT2D eigenvalue weighted by Gasteiger charge is 2.34. The van der Waals surface area contributed by atoms with Crippen LogP contribution in [-0.2, 0) is 11.0 Å². The zero-order valence-electron chi connectivity index (χ0n) is 16.4. The number of nitrogens with one attached hydrogen (secondary N) is 2. The summed E-state index contributed by atoms with van der Waals surface area (Å²) < 4.78 is 39.8. The molecule has 0 aliphatic rings. The number of aryl methyl sites for hydroxylation is 1. The van der Waals surface area contributed by atoms with Crippen molar-refractivity contribution in [2.45, 2.75) is 36.5 Å². The molecule has 3 rings (SSSR count). The second-order valence-corrected chi connectivity index (χ2v) is 9.10. The molecule has 5 nitrogen and oxygen atoms in total. The van der Waals surface area contributed by atoms with Gasteiger partial charge in [0.05, 0.1) is 16.5 Å². The number of hydrogen-bond donors (Lipinski definition) is 2. The Kier molecular flexibility index (Phi) is 6.67. The molecule has 30 heavy (non-hydrogen) atoms. The number of para-hydroxylation sites is 1. The number of hydrogen-bond acceptors (Lipinski definition) is 6. The number of halogens is 3. The van der Waals surface area contributed by atoms with Crippen LogP contribution in [-0.4, -0.2) is 21.4 Å². The van der Waals surface area contributed by atoms with E-state index >= 15 is 0 Å². The topological polar surface area (TPSA) is 66.9 Å². The summed E-state index contributed by atoms with van der Waals surface area (Å²) in [5, 5.41) is 13.6. The van der Waals surface area contributed by atoms with E-state index in [-0.39, 0.29) is 5.69 Å². The summed E-state index contributed by atoms with van der Waals surface area (Å²) in [5.41, 5.74) is 2.00. The molecule has 2 aromatic carbocycles. The molecule has 0 bridgehead atoms. The van der Waals surface area contributed by atoms with Crippen molar-refractivity contribution in [2.24, 2.45) is 0 Å². The van der Waals surface area contributed by atoms with Crippen molar-refractivity contribution in [2.75, 3.05) is 10.6 Å². The summed E-state index contributed by atoms with van der Waals surface area (Å²) in [6, 6.07) is 10.8. The highest BCUT2D eigenvalue weighted by molar-refractivity contribution is 8.02. The van der Waals surface area contributed by atoms with E-state index in [1.165, 1.54) is 29.5 Å². The number of thioether (sulfide) groups is 1. The Morgan fingerprint density at radius 1 is 1.07 bits per heavy atom. The fourth-order valence-corrected chi connectivity index (χ4v) is 4.50. The fourth-order valence-electron chi connectivity index (χ4n) is 2.59. The minimum atomic E-state index is -4.55. The van der Waals surface area contributed by atoms with Crippen molar-refractivity contribution in [3.05, 3.63) is 59.2 Å². The lowest BCUT2D eigenvalue weighted by Gasteiger charge is -2.15. The Labute approximate surface area is 180 Å². The Morgan fingerprint density at radius 3 is 2.50 bits per heavy atom. The molecule has 0 aliphatic carbocycles. The van der Waals surface area contributed by atoms with Gasteiger partial charge in [0.1, 0.15) is 0 Å².